The van der Waals surface area contributed by atoms with Crippen LogP contribution >= 0.6 is 11.6 Å². The molecule has 0 aliphatic carbocycles. The lowest BCUT2D eigenvalue weighted by Crippen LogP contribution is -2.29. The first-order valence-electron chi connectivity index (χ1n) is 11.6. The third-order valence-electron chi connectivity index (χ3n) is 6.14. The van der Waals surface area contributed by atoms with Crippen LogP contribution in [0.15, 0.2) is 72.3 Å². The molecule has 0 spiro atoms. The number of ether oxygens (including phenoxy) is 1. The molecule has 180 valence electrons. The highest BCUT2D eigenvalue weighted by Crippen LogP contribution is 2.43. The number of carbonyl (C=O) groups excluding carboxylic acids is 2. The number of hydrogen-bond acceptors (Lipinski definition) is 4. The largest absolute Gasteiger partial charge is 0.507 e. The second-order valence-corrected chi connectivity index (χ2v) is 9.31. The first-order valence-corrected chi connectivity index (χ1v) is 12.0. The topological polar surface area (TPSA) is 66.8 Å². The van der Waals surface area contributed by atoms with Gasteiger partial charge in [-0.05, 0) is 61.2 Å². The number of halogens is 1. The third kappa shape index (κ3) is 4.69. The summed E-state index contributed by atoms with van der Waals surface area (Å²) in [6.07, 6.45) is 0. The van der Waals surface area contributed by atoms with E-state index >= 15 is 0 Å². The van der Waals surface area contributed by atoms with Gasteiger partial charge < -0.3 is 9.84 Å². The number of benzene rings is 3. The lowest BCUT2D eigenvalue weighted by molar-refractivity contribution is -0.132. The number of amides is 1. The zero-order valence-corrected chi connectivity index (χ0v) is 21.0. The minimum atomic E-state index is -0.786. The number of anilines is 1. The van der Waals surface area contributed by atoms with E-state index < -0.39 is 17.7 Å². The molecule has 1 fully saturated rings. The summed E-state index contributed by atoms with van der Waals surface area (Å²) in [5, 5.41) is 11.7. The highest BCUT2D eigenvalue weighted by atomic mass is 35.5. The Morgan fingerprint density at radius 2 is 1.77 bits per heavy atom. The van der Waals surface area contributed by atoms with Gasteiger partial charge in [-0.15, -0.1) is 0 Å². The quantitative estimate of drug-likeness (QED) is 0.235. The van der Waals surface area contributed by atoms with Gasteiger partial charge in [-0.1, -0.05) is 67.4 Å². The molecule has 4 rings (SSSR count). The van der Waals surface area contributed by atoms with Gasteiger partial charge in [0.2, 0.25) is 0 Å². The molecule has 1 unspecified atom stereocenters. The molecule has 5 nitrogen and oxygen atoms in total. The van der Waals surface area contributed by atoms with Gasteiger partial charge in [0.05, 0.1) is 23.2 Å². The summed E-state index contributed by atoms with van der Waals surface area (Å²) in [7, 11) is 0. The van der Waals surface area contributed by atoms with Gasteiger partial charge in [0.25, 0.3) is 11.7 Å². The first kappa shape index (κ1) is 24.6. The minimum absolute atomic E-state index is 0.0262. The van der Waals surface area contributed by atoms with Crippen molar-refractivity contribution in [3.8, 4) is 5.75 Å². The number of carbonyl (C=O) groups is 2. The molecule has 1 aliphatic heterocycles. The first-order chi connectivity index (χ1) is 16.7. The average molecular weight is 490 g/mol. The van der Waals surface area contributed by atoms with Gasteiger partial charge in [-0.2, -0.15) is 0 Å². The van der Waals surface area contributed by atoms with Crippen LogP contribution < -0.4 is 9.64 Å². The van der Waals surface area contributed by atoms with E-state index in [0.29, 0.717) is 34.5 Å². The summed E-state index contributed by atoms with van der Waals surface area (Å²) in [4.78, 5) is 28.2. The summed E-state index contributed by atoms with van der Waals surface area (Å²) < 4.78 is 5.56. The van der Waals surface area contributed by atoms with Crippen molar-refractivity contribution in [1.29, 1.82) is 0 Å². The SMILES string of the molecule is CCOc1cc(/C(O)=C2/C(=O)C(=O)N(c3ccc(C(C)C)cc3)C2c2cccc(C)c2)ccc1Cl. The number of aryl methyl sites for hydroxylation is 1. The lowest BCUT2D eigenvalue weighted by Gasteiger charge is -2.26. The standard InChI is InChI=1S/C29H28ClNO4/c1-5-35-24-16-21(11-14-23(24)30)27(32)25-26(20-8-6-7-18(4)15-20)31(29(34)28(25)33)22-12-9-19(10-13-22)17(2)3/h6-17,26,32H,5H2,1-4H3/b27-25-. The van der Waals surface area contributed by atoms with Crippen LogP contribution in [-0.4, -0.2) is 23.4 Å². The van der Waals surface area contributed by atoms with Crippen LogP contribution in [0.25, 0.3) is 5.76 Å². The Morgan fingerprint density at radius 1 is 1.06 bits per heavy atom. The zero-order chi connectivity index (χ0) is 25.3. The molecule has 1 saturated heterocycles. The van der Waals surface area contributed by atoms with Gasteiger partial charge in [0, 0.05) is 11.3 Å². The molecule has 1 N–H and O–H groups in total. The Hall–Kier alpha value is -3.57. The number of hydrogen-bond donors (Lipinski definition) is 1. The van der Waals surface area contributed by atoms with Crippen LogP contribution in [0.4, 0.5) is 5.69 Å². The Kier molecular flexibility index (Phi) is 6.99. The average Bonchev–Trinajstić information content (AvgIpc) is 3.10. The monoisotopic (exact) mass is 489 g/mol. The van der Waals surface area contributed by atoms with E-state index in [4.69, 9.17) is 16.3 Å². The number of aliphatic hydroxyl groups is 1. The highest BCUT2D eigenvalue weighted by Gasteiger charge is 2.47. The molecule has 1 atom stereocenters. The maximum atomic E-state index is 13.4. The number of aliphatic hydroxyl groups excluding tert-OH is 1. The number of ketones is 1. The van der Waals surface area contributed by atoms with Crippen molar-refractivity contribution in [3.05, 3.63) is 99.6 Å². The van der Waals surface area contributed by atoms with Crippen LogP contribution in [0.5, 0.6) is 5.75 Å². The van der Waals surface area contributed by atoms with E-state index in [1.54, 1.807) is 18.2 Å². The molecule has 6 heteroatoms. The molecule has 0 aromatic heterocycles. The number of Topliss-reactive ketones (excluding diaryl/α,β-unsaturated/α-hetero) is 1. The van der Waals surface area contributed by atoms with Crippen molar-refractivity contribution in [2.75, 3.05) is 11.5 Å². The minimum Gasteiger partial charge on any atom is -0.507 e. The molecule has 0 radical (unpaired) electrons. The maximum Gasteiger partial charge on any atom is 0.300 e. The van der Waals surface area contributed by atoms with Gasteiger partial charge >= 0.3 is 0 Å². The van der Waals surface area contributed by atoms with Gasteiger partial charge in [0.1, 0.15) is 11.5 Å². The van der Waals surface area contributed by atoms with Crippen molar-refractivity contribution >= 4 is 34.7 Å². The van der Waals surface area contributed by atoms with E-state index in [1.165, 1.54) is 4.90 Å². The van der Waals surface area contributed by atoms with Gasteiger partial charge in [0.15, 0.2) is 0 Å². The Bertz CT molecular complexity index is 1310. The summed E-state index contributed by atoms with van der Waals surface area (Å²) in [6.45, 7) is 8.36. The fourth-order valence-electron chi connectivity index (χ4n) is 4.35. The highest BCUT2D eigenvalue weighted by molar-refractivity contribution is 6.51. The van der Waals surface area contributed by atoms with Crippen molar-refractivity contribution in [1.82, 2.24) is 0 Å². The van der Waals surface area contributed by atoms with Gasteiger partial charge in [-0.3, -0.25) is 14.5 Å². The predicted molar refractivity (Wildman–Crippen MR) is 139 cm³/mol. The third-order valence-corrected chi connectivity index (χ3v) is 6.46. The molecular weight excluding hydrogens is 462 g/mol. The molecule has 0 bridgehead atoms. The summed E-state index contributed by atoms with van der Waals surface area (Å²) in [5.74, 6) is -0.974. The predicted octanol–water partition coefficient (Wildman–Crippen LogP) is 6.80. The van der Waals surface area contributed by atoms with E-state index in [9.17, 15) is 14.7 Å². The Labute approximate surface area is 210 Å². The smallest absolute Gasteiger partial charge is 0.300 e. The van der Waals surface area contributed by atoms with E-state index in [2.05, 4.69) is 13.8 Å². The van der Waals surface area contributed by atoms with E-state index in [1.807, 2.05) is 62.4 Å². The maximum absolute atomic E-state index is 13.4. The molecule has 35 heavy (non-hydrogen) atoms. The summed E-state index contributed by atoms with van der Waals surface area (Å²) >= 11 is 6.22. The fraction of sp³-hybridized carbons (Fsp3) is 0.241. The Morgan fingerprint density at radius 3 is 2.40 bits per heavy atom. The van der Waals surface area contributed by atoms with Crippen LogP contribution in [0, 0.1) is 6.92 Å². The number of rotatable bonds is 6. The lowest BCUT2D eigenvalue weighted by atomic mass is 9.94. The van der Waals surface area contributed by atoms with Crippen molar-refractivity contribution in [3.63, 3.8) is 0 Å². The molecule has 3 aromatic rings. The zero-order valence-electron chi connectivity index (χ0n) is 20.2. The van der Waals surface area contributed by atoms with Crippen molar-refractivity contribution in [2.45, 2.75) is 39.7 Å². The van der Waals surface area contributed by atoms with Crippen molar-refractivity contribution < 1.29 is 19.4 Å². The summed E-state index contributed by atoms with van der Waals surface area (Å²) in [6, 6.07) is 19.2. The van der Waals surface area contributed by atoms with Crippen LogP contribution in [-0.2, 0) is 9.59 Å². The fourth-order valence-corrected chi connectivity index (χ4v) is 4.52. The van der Waals surface area contributed by atoms with Crippen LogP contribution in [0.1, 0.15) is 55.0 Å². The second kappa shape index (κ2) is 9.96. The molecular formula is C29H28ClNO4. The molecule has 1 aliphatic rings. The van der Waals surface area contributed by atoms with Gasteiger partial charge in [-0.25, -0.2) is 0 Å². The molecule has 1 heterocycles. The molecule has 3 aromatic carbocycles. The van der Waals surface area contributed by atoms with Crippen molar-refractivity contribution in [2.24, 2.45) is 0 Å². The van der Waals surface area contributed by atoms with E-state index in [0.717, 1.165) is 16.7 Å². The van der Waals surface area contributed by atoms with E-state index in [-0.39, 0.29) is 11.3 Å². The normalized spacial score (nSPS) is 17.3. The summed E-state index contributed by atoms with van der Waals surface area (Å²) in [5.41, 5.74) is 3.81. The Balaban J connectivity index is 1.91. The molecule has 1 amide bonds. The number of nitrogens with zero attached hydrogens (tertiary/aromatic N) is 1. The second-order valence-electron chi connectivity index (χ2n) is 8.91. The van der Waals surface area contributed by atoms with Crippen LogP contribution in [0.2, 0.25) is 5.02 Å². The molecule has 0 saturated carbocycles. The van der Waals surface area contributed by atoms with Crippen LogP contribution in [0.3, 0.4) is 0 Å².